The second-order valence-electron chi connectivity index (χ2n) is 19.8. The van der Waals surface area contributed by atoms with Crippen LogP contribution in [0.1, 0.15) is 125 Å². The highest BCUT2D eigenvalue weighted by Gasteiger charge is 2.34. The summed E-state index contributed by atoms with van der Waals surface area (Å²) in [5.74, 6) is -1.06. The average molecular weight is 944 g/mol. The molecule has 3 atom stereocenters. The second kappa shape index (κ2) is 19.4. The Kier molecular flexibility index (Phi) is 13.4. The number of ether oxygens (including phenoxy) is 1. The Hall–Kier alpha value is -6.25. The van der Waals surface area contributed by atoms with Crippen LogP contribution in [0.2, 0.25) is 0 Å². The number of amides is 4. The van der Waals surface area contributed by atoms with E-state index < -0.39 is 42.2 Å². The SMILES string of the molecule is Cn1nc(C2CCC(=O)NC2=O)c2cccc(NC3CCN(CCC4CCC(n5cc(C(F)F)c(NC(=O)c6cnn7ccc(N8C[C@H](F)C[C@@H](NC(=O)OC(C)(C)C)C8)nc67)n5)CC4)CC3)c21. The molecule has 68 heavy (non-hydrogen) atoms. The van der Waals surface area contributed by atoms with Crippen molar-refractivity contribution in [2.45, 2.75) is 127 Å². The van der Waals surface area contributed by atoms with Gasteiger partial charge in [0.1, 0.15) is 23.2 Å². The van der Waals surface area contributed by atoms with Crippen molar-refractivity contribution in [3.8, 4) is 0 Å². The van der Waals surface area contributed by atoms with Crippen LogP contribution in [0, 0.1) is 5.92 Å². The number of hydrogen-bond donors (Lipinski definition) is 4. The minimum atomic E-state index is -2.87. The summed E-state index contributed by atoms with van der Waals surface area (Å²) in [5.41, 5.74) is 1.72. The maximum absolute atomic E-state index is 14.9. The van der Waals surface area contributed by atoms with Crippen LogP contribution in [0.15, 0.2) is 42.9 Å². The molecule has 1 saturated carbocycles. The van der Waals surface area contributed by atoms with Gasteiger partial charge in [-0.15, -0.1) is 0 Å². The highest BCUT2D eigenvalue weighted by Crippen LogP contribution is 2.38. The predicted molar refractivity (Wildman–Crippen MR) is 248 cm³/mol. The van der Waals surface area contributed by atoms with Gasteiger partial charge in [-0.2, -0.15) is 15.3 Å². The zero-order valence-electron chi connectivity index (χ0n) is 38.9. The van der Waals surface area contributed by atoms with Crippen molar-refractivity contribution in [2.24, 2.45) is 13.0 Å². The molecular formula is C47H60F3N13O5. The Morgan fingerprint density at radius 1 is 0.985 bits per heavy atom. The number of carbonyl (C=O) groups excluding carboxylic acids is 4. The van der Waals surface area contributed by atoms with Crippen molar-refractivity contribution >= 4 is 57.7 Å². The lowest BCUT2D eigenvalue weighted by Crippen LogP contribution is -2.52. The number of anilines is 3. The zero-order valence-corrected chi connectivity index (χ0v) is 38.9. The number of likely N-dealkylation sites (tertiary alicyclic amines) is 1. The normalized spacial score (nSPS) is 23.3. The second-order valence-corrected chi connectivity index (χ2v) is 19.8. The van der Waals surface area contributed by atoms with E-state index in [9.17, 15) is 32.3 Å². The number of aromatic nitrogens is 7. The maximum Gasteiger partial charge on any atom is 0.407 e. The van der Waals surface area contributed by atoms with Gasteiger partial charge in [0.05, 0.1) is 53.2 Å². The fraction of sp³-hybridized carbons (Fsp3) is 0.574. The van der Waals surface area contributed by atoms with Crippen LogP contribution in [0.4, 0.5) is 35.3 Å². The van der Waals surface area contributed by atoms with E-state index in [4.69, 9.17) is 9.84 Å². The molecule has 4 amide bonds. The zero-order chi connectivity index (χ0) is 47.9. The minimum absolute atomic E-state index is 0.0199. The molecule has 4 fully saturated rings. The van der Waals surface area contributed by atoms with E-state index in [0.717, 1.165) is 81.2 Å². The van der Waals surface area contributed by atoms with Crippen molar-refractivity contribution in [3.05, 3.63) is 59.7 Å². The molecule has 7 heterocycles. The van der Waals surface area contributed by atoms with Crippen molar-refractivity contribution in [3.63, 3.8) is 0 Å². The number of carbonyl (C=O) groups is 4. The summed E-state index contributed by atoms with van der Waals surface area (Å²) in [4.78, 5) is 59.3. The summed E-state index contributed by atoms with van der Waals surface area (Å²) in [6.45, 7) is 8.42. The molecule has 1 aromatic carbocycles. The summed E-state index contributed by atoms with van der Waals surface area (Å²) in [7, 11) is 1.89. The van der Waals surface area contributed by atoms with Gasteiger partial charge in [-0.25, -0.2) is 27.5 Å². The molecule has 364 valence electrons. The summed E-state index contributed by atoms with van der Waals surface area (Å²) in [5, 5.41) is 25.9. The number of rotatable bonds is 12. The Balaban J connectivity index is 0.760. The van der Waals surface area contributed by atoms with E-state index in [1.165, 1.54) is 16.9 Å². The average Bonchev–Trinajstić information content (AvgIpc) is 4.01. The van der Waals surface area contributed by atoms with Crippen LogP contribution in [0.5, 0.6) is 0 Å². The first kappa shape index (κ1) is 46.8. The summed E-state index contributed by atoms with van der Waals surface area (Å²) >= 11 is 0. The standard InChI is InChI=1S/C47H60F3N13O5/c1-47(2,3)68-46(67)53-30-22-28(48)24-61(25-30)37-17-21-62-43(54-37)34(23-51-62)45(66)56-42-35(41(49)50)26-63(58-42)31-10-8-27(9-11-31)14-18-60-19-15-29(16-20-60)52-36-7-5-6-32-39(57-59(4)40(32)36)33-12-13-38(64)55-44(33)65/h5-7,17,21,23,26-31,33,41,52H,8-16,18-20,22,24-25H2,1-4H3,(H,53,67)(H,55,64,65)(H,56,58,66)/t27?,28-,30-,31?,33?/m1/s1. The lowest BCUT2D eigenvalue weighted by Gasteiger charge is -2.36. The molecule has 3 aliphatic heterocycles. The van der Waals surface area contributed by atoms with Crippen molar-refractivity contribution in [1.82, 2.24) is 49.7 Å². The molecule has 5 aromatic rings. The van der Waals surface area contributed by atoms with Crippen LogP contribution in [-0.4, -0.2) is 119 Å². The quantitative estimate of drug-likeness (QED) is 0.0973. The topological polar surface area (TPSA) is 198 Å². The molecule has 4 aromatic heterocycles. The molecule has 9 rings (SSSR count). The minimum Gasteiger partial charge on any atom is -0.444 e. The number of halogens is 3. The van der Waals surface area contributed by atoms with Crippen LogP contribution >= 0.6 is 0 Å². The Morgan fingerprint density at radius 2 is 1.76 bits per heavy atom. The van der Waals surface area contributed by atoms with Gasteiger partial charge in [0.2, 0.25) is 11.8 Å². The Morgan fingerprint density at radius 3 is 2.50 bits per heavy atom. The van der Waals surface area contributed by atoms with Gasteiger partial charge in [-0.3, -0.25) is 29.1 Å². The number of benzene rings is 1. The first-order chi connectivity index (χ1) is 32.5. The molecule has 4 aliphatic rings. The third kappa shape index (κ3) is 10.4. The largest absolute Gasteiger partial charge is 0.444 e. The van der Waals surface area contributed by atoms with Crippen LogP contribution in [0.25, 0.3) is 16.6 Å². The highest BCUT2D eigenvalue weighted by molar-refractivity contribution is 6.08. The van der Waals surface area contributed by atoms with Crippen LogP contribution in [-0.2, 0) is 21.4 Å². The highest BCUT2D eigenvalue weighted by atomic mass is 19.3. The Labute approximate surface area is 391 Å². The third-order valence-electron chi connectivity index (χ3n) is 13.7. The maximum atomic E-state index is 14.9. The van der Waals surface area contributed by atoms with E-state index in [1.807, 2.05) is 23.9 Å². The van der Waals surface area contributed by atoms with Crippen LogP contribution in [0.3, 0.4) is 0 Å². The molecule has 0 radical (unpaired) electrons. The number of hydrogen-bond acceptors (Lipinski definition) is 12. The summed E-state index contributed by atoms with van der Waals surface area (Å²) in [6, 6.07) is 7.31. The van der Waals surface area contributed by atoms with Gasteiger partial charge < -0.3 is 30.5 Å². The van der Waals surface area contributed by atoms with Crippen LogP contribution < -0.4 is 26.2 Å². The number of para-hydroxylation sites is 1. The molecule has 21 heteroatoms. The lowest BCUT2D eigenvalue weighted by atomic mass is 9.84. The molecule has 1 unspecified atom stereocenters. The van der Waals surface area contributed by atoms with Crippen molar-refractivity contribution < 1.29 is 37.1 Å². The molecule has 4 N–H and O–H groups in total. The fourth-order valence-electron chi connectivity index (χ4n) is 10.3. The molecule has 18 nitrogen and oxygen atoms in total. The van der Waals surface area contributed by atoms with Gasteiger partial charge >= 0.3 is 6.09 Å². The van der Waals surface area contributed by atoms with Gasteiger partial charge in [0.15, 0.2) is 11.5 Å². The van der Waals surface area contributed by atoms with Crippen molar-refractivity contribution in [1.29, 1.82) is 0 Å². The first-order valence-corrected chi connectivity index (χ1v) is 23.7. The number of nitrogens with zero attached hydrogens (tertiary/aromatic N) is 9. The van der Waals surface area contributed by atoms with E-state index in [1.54, 1.807) is 42.6 Å². The fourth-order valence-corrected chi connectivity index (χ4v) is 10.3. The number of imide groups is 1. The molecule has 3 saturated heterocycles. The molecule has 0 bridgehead atoms. The van der Waals surface area contributed by atoms with E-state index >= 15 is 0 Å². The lowest BCUT2D eigenvalue weighted by molar-refractivity contribution is -0.134. The van der Waals surface area contributed by atoms with Crippen molar-refractivity contribution in [2.75, 3.05) is 48.3 Å². The van der Waals surface area contributed by atoms with E-state index in [0.29, 0.717) is 30.3 Å². The Bertz CT molecular complexity index is 2660. The first-order valence-electron chi connectivity index (χ1n) is 23.7. The van der Waals surface area contributed by atoms with Gasteiger partial charge in [-0.1, -0.05) is 12.1 Å². The predicted octanol–water partition coefficient (Wildman–Crippen LogP) is 6.66. The number of alkyl carbamates (subject to hydrolysis) is 1. The van der Waals surface area contributed by atoms with Gasteiger partial charge in [0.25, 0.3) is 12.3 Å². The smallest absolute Gasteiger partial charge is 0.407 e. The van der Waals surface area contributed by atoms with E-state index in [2.05, 4.69) is 47.4 Å². The number of fused-ring (bicyclic) bond motifs is 2. The number of nitrogens with one attached hydrogen (secondary N) is 4. The third-order valence-corrected chi connectivity index (χ3v) is 13.7. The molecular weight excluding hydrogens is 884 g/mol. The van der Waals surface area contributed by atoms with Gasteiger partial charge in [0, 0.05) is 63.3 Å². The number of piperidine rings is 3. The van der Waals surface area contributed by atoms with E-state index in [-0.39, 0.29) is 66.0 Å². The number of aryl methyl sites for hydroxylation is 1. The van der Waals surface area contributed by atoms with Gasteiger partial charge in [-0.05, 0) is 96.7 Å². The number of alkyl halides is 3. The summed E-state index contributed by atoms with van der Waals surface area (Å²) in [6.07, 6.45) is 6.76. The molecule has 1 aliphatic carbocycles. The monoisotopic (exact) mass is 943 g/mol. The summed E-state index contributed by atoms with van der Waals surface area (Å²) < 4.78 is 54.0. The molecule has 0 spiro atoms.